The Balaban J connectivity index is 1.58. The number of rotatable bonds is 4. The minimum atomic E-state index is -3.18. The highest BCUT2D eigenvalue weighted by Crippen LogP contribution is 2.30. The number of hydrogen-bond acceptors (Lipinski definition) is 4. The van der Waals surface area contributed by atoms with Crippen LogP contribution in [0.2, 0.25) is 0 Å². The van der Waals surface area contributed by atoms with E-state index in [9.17, 15) is 8.42 Å². The molecule has 0 saturated carbocycles. The van der Waals surface area contributed by atoms with Gasteiger partial charge in [-0.3, -0.25) is 5.10 Å². The number of ether oxygens (including phenoxy) is 1. The molecule has 1 atom stereocenters. The molecule has 0 aliphatic carbocycles. The number of nitrogens with one attached hydrogen (secondary N) is 1. The molecule has 0 spiro atoms. The zero-order chi connectivity index (χ0) is 14.9. The molecule has 7 heteroatoms. The van der Waals surface area contributed by atoms with Crippen LogP contribution in [0.5, 0.6) is 0 Å². The Hall–Kier alpha value is -0.920. The fourth-order valence-corrected chi connectivity index (χ4v) is 5.04. The molecule has 1 aromatic rings. The molecule has 2 fully saturated rings. The van der Waals surface area contributed by atoms with Crippen molar-refractivity contribution in [2.24, 2.45) is 0 Å². The van der Waals surface area contributed by atoms with E-state index in [0.29, 0.717) is 25.6 Å². The van der Waals surface area contributed by atoms with Gasteiger partial charge < -0.3 is 4.74 Å². The molecule has 21 heavy (non-hydrogen) atoms. The first-order valence-electron chi connectivity index (χ1n) is 7.65. The molecule has 0 radical (unpaired) electrons. The summed E-state index contributed by atoms with van der Waals surface area (Å²) in [5.41, 5.74) is 2.32. The van der Waals surface area contributed by atoms with Gasteiger partial charge in [0.25, 0.3) is 0 Å². The third kappa shape index (κ3) is 3.30. The van der Waals surface area contributed by atoms with E-state index in [1.807, 2.05) is 13.1 Å². The lowest BCUT2D eigenvalue weighted by atomic mass is 9.91. The highest BCUT2D eigenvalue weighted by atomic mass is 32.2. The maximum absolute atomic E-state index is 12.4. The van der Waals surface area contributed by atoms with Crippen molar-refractivity contribution in [1.82, 2.24) is 14.5 Å². The van der Waals surface area contributed by atoms with Gasteiger partial charge >= 0.3 is 0 Å². The summed E-state index contributed by atoms with van der Waals surface area (Å²) in [6, 6.07) is 0. The first-order chi connectivity index (χ1) is 10.1. The van der Waals surface area contributed by atoms with Crippen LogP contribution in [0.25, 0.3) is 0 Å². The third-order valence-electron chi connectivity index (χ3n) is 4.58. The van der Waals surface area contributed by atoms with Crippen LogP contribution in [0, 0.1) is 6.92 Å². The molecule has 3 rings (SSSR count). The highest BCUT2D eigenvalue weighted by Gasteiger charge is 2.32. The van der Waals surface area contributed by atoms with Crippen molar-refractivity contribution in [2.45, 2.75) is 44.6 Å². The Kier molecular flexibility index (Phi) is 4.33. The largest absolute Gasteiger partial charge is 0.377 e. The van der Waals surface area contributed by atoms with Gasteiger partial charge in [-0.05, 0) is 44.1 Å². The van der Waals surface area contributed by atoms with Crippen LogP contribution in [0.1, 0.15) is 42.9 Å². The van der Waals surface area contributed by atoms with Gasteiger partial charge in [0.1, 0.15) is 0 Å². The summed E-state index contributed by atoms with van der Waals surface area (Å²) in [6.45, 7) is 3.92. The van der Waals surface area contributed by atoms with Gasteiger partial charge in [-0.2, -0.15) is 5.10 Å². The maximum atomic E-state index is 12.4. The average Bonchev–Trinajstić information content (AvgIpc) is 3.10. The molecular weight excluding hydrogens is 290 g/mol. The molecule has 2 aliphatic heterocycles. The van der Waals surface area contributed by atoms with Gasteiger partial charge in [-0.1, -0.05) is 0 Å². The van der Waals surface area contributed by atoms with Gasteiger partial charge in [0.05, 0.1) is 18.1 Å². The fraction of sp³-hybridized carbons (Fsp3) is 0.786. The SMILES string of the molecule is Cc1[nH]ncc1C1CCN(S(=O)(=O)CC2CCCO2)CC1. The van der Waals surface area contributed by atoms with Crippen molar-refractivity contribution in [3.8, 4) is 0 Å². The first kappa shape index (κ1) is 15.0. The molecule has 2 aliphatic rings. The standard InChI is InChI=1S/C14H23N3O3S/c1-11-14(9-15-16-11)12-4-6-17(7-5-12)21(18,19)10-13-3-2-8-20-13/h9,12-13H,2-8,10H2,1H3,(H,15,16). The van der Waals surface area contributed by atoms with E-state index >= 15 is 0 Å². The normalized spacial score (nSPS) is 25.5. The Labute approximate surface area is 125 Å². The third-order valence-corrected chi connectivity index (χ3v) is 6.52. The quantitative estimate of drug-likeness (QED) is 0.912. The minimum absolute atomic E-state index is 0.108. The molecule has 1 N–H and O–H groups in total. The van der Waals surface area contributed by atoms with Gasteiger partial charge in [-0.15, -0.1) is 0 Å². The van der Waals surface area contributed by atoms with Crippen LogP contribution in [0.3, 0.4) is 0 Å². The van der Waals surface area contributed by atoms with Crippen molar-refractivity contribution in [1.29, 1.82) is 0 Å². The molecule has 118 valence electrons. The van der Waals surface area contributed by atoms with Crippen molar-refractivity contribution in [2.75, 3.05) is 25.4 Å². The zero-order valence-electron chi connectivity index (χ0n) is 12.4. The predicted octanol–water partition coefficient (Wildman–Crippen LogP) is 1.41. The van der Waals surface area contributed by atoms with Crippen LogP contribution in [-0.4, -0.2) is 54.5 Å². The lowest BCUT2D eigenvalue weighted by Crippen LogP contribution is -2.41. The average molecular weight is 313 g/mol. The van der Waals surface area contributed by atoms with E-state index in [1.165, 1.54) is 5.56 Å². The number of aromatic nitrogens is 2. The molecule has 2 saturated heterocycles. The second kappa shape index (κ2) is 6.06. The molecule has 3 heterocycles. The fourth-order valence-electron chi connectivity index (χ4n) is 3.33. The maximum Gasteiger partial charge on any atom is 0.216 e. The molecule has 0 aromatic carbocycles. The summed E-state index contributed by atoms with van der Waals surface area (Å²) < 4.78 is 32.0. The lowest BCUT2D eigenvalue weighted by Gasteiger charge is -2.31. The molecule has 0 amide bonds. The second-order valence-electron chi connectivity index (χ2n) is 6.04. The van der Waals surface area contributed by atoms with E-state index < -0.39 is 10.0 Å². The number of sulfonamides is 1. The van der Waals surface area contributed by atoms with Crippen LogP contribution in [-0.2, 0) is 14.8 Å². The lowest BCUT2D eigenvalue weighted by molar-refractivity contribution is 0.126. The second-order valence-corrected chi connectivity index (χ2v) is 8.05. The molecule has 0 bridgehead atoms. The van der Waals surface area contributed by atoms with E-state index in [-0.39, 0.29) is 11.9 Å². The summed E-state index contributed by atoms with van der Waals surface area (Å²) >= 11 is 0. The number of piperidine rings is 1. The minimum Gasteiger partial charge on any atom is -0.377 e. The topological polar surface area (TPSA) is 75.3 Å². The summed E-state index contributed by atoms with van der Waals surface area (Å²) in [5, 5.41) is 7.02. The van der Waals surface area contributed by atoms with E-state index in [4.69, 9.17) is 4.74 Å². The predicted molar refractivity (Wildman–Crippen MR) is 79.6 cm³/mol. The van der Waals surface area contributed by atoms with E-state index in [0.717, 1.165) is 31.4 Å². The van der Waals surface area contributed by atoms with Gasteiger partial charge in [0.2, 0.25) is 10.0 Å². The first-order valence-corrected chi connectivity index (χ1v) is 9.26. The van der Waals surface area contributed by atoms with Crippen molar-refractivity contribution >= 4 is 10.0 Å². The van der Waals surface area contributed by atoms with Crippen LogP contribution in [0.4, 0.5) is 0 Å². The van der Waals surface area contributed by atoms with Gasteiger partial charge in [-0.25, -0.2) is 12.7 Å². The van der Waals surface area contributed by atoms with E-state index in [2.05, 4.69) is 10.2 Å². The molecule has 1 unspecified atom stereocenters. The van der Waals surface area contributed by atoms with Gasteiger partial charge in [0, 0.05) is 25.4 Å². The Bertz CT molecular complexity index is 570. The highest BCUT2D eigenvalue weighted by molar-refractivity contribution is 7.89. The van der Waals surface area contributed by atoms with Gasteiger partial charge in [0.15, 0.2) is 0 Å². The molecule has 1 aromatic heterocycles. The summed E-state index contributed by atoms with van der Waals surface area (Å²) in [7, 11) is -3.18. The Morgan fingerprint density at radius 3 is 2.71 bits per heavy atom. The number of H-pyrrole nitrogens is 1. The monoisotopic (exact) mass is 313 g/mol. The zero-order valence-corrected chi connectivity index (χ0v) is 13.2. The molecular formula is C14H23N3O3S. The number of nitrogens with zero attached hydrogens (tertiary/aromatic N) is 2. The van der Waals surface area contributed by atoms with Crippen molar-refractivity contribution in [3.05, 3.63) is 17.5 Å². The summed E-state index contributed by atoms with van der Waals surface area (Å²) in [4.78, 5) is 0. The summed E-state index contributed by atoms with van der Waals surface area (Å²) in [6.07, 6.45) is 5.34. The Morgan fingerprint density at radius 1 is 1.38 bits per heavy atom. The van der Waals surface area contributed by atoms with E-state index in [1.54, 1.807) is 4.31 Å². The number of aryl methyl sites for hydroxylation is 1. The molecule has 6 nitrogen and oxygen atoms in total. The van der Waals surface area contributed by atoms with Crippen LogP contribution < -0.4 is 0 Å². The van der Waals surface area contributed by atoms with Crippen molar-refractivity contribution < 1.29 is 13.2 Å². The summed E-state index contributed by atoms with van der Waals surface area (Å²) in [5.74, 6) is 0.556. The van der Waals surface area contributed by atoms with Crippen LogP contribution >= 0.6 is 0 Å². The Morgan fingerprint density at radius 2 is 2.14 bits per heavy atom. The number of aromatic amines is 1. The van der Waals surface area contributed by atoms with Crippen molar-refractivity contribution in [3.63, 3.8) is 0 Å². The number of hydrogen-bond donors (Lipinski definition) is 1. The van der Waals surface area contributed by atoms with Crippen LogP contribution in [0.15, 0.2) is 6.20 Å². The smallest absolute Gasteiger partial charge is 0.216 e.